The topological polar surface area (TPSA) is 39.7 Å². The van der Waals surface area contributed by atoms with Crippen LogP contribution in [-0.4, -0.2) is 44.8 Å². The van der Waals surface area contributed by atoms with E-state index in [2.05, 4.69) is 12.2 Å². The second-order valence-corrected chi connectivity index (χ2v) is 4.29. The van der Waals surface area contributed by atoms with Crippen LogP contribution in [-0.2, 0) is 14.2 Å². The normalized spacial score (nSPS) is 34.8. The highest BCUT2D eigenvalue weighted by Crippen LogP contribution is 2.36. The van der Waals surface area contributed by atoms with E-state index in [1.165, 1.54) is 0 Å². The fourth-order valence-corrected chi connectivity index (χ4v) is 2.61. The molecule has 1 aliphatic carbocycles. The van der Waals surface area contributed by atoms with Gasteiger partial charge < -0.3 is 19.5 Å². The number of nitrogens with one attached hydrogen (secondary N) is 1. The third kappa shape index (κ3) is 2.33. The lowest BCUT2D eigenvalue weighted by molar-refractivity contribution is -0.203. The molecule has 0 aromatic rings. The molecule has 1 saturated carbocycles. The van der Waals surface area contributed by atoms with Gasteiger partial charge in [0.05, 0.1) is 19.3 Å². The van der Waals surface area contributed by atoms with Gasteiger partial charge >= 0.3 is 0 Å². The molecule has 88 valence electrons. The zero-order chi connectivity index (χ0) is 10.7. The van der Waals surface area contributed by atoms with E-state index in [-0.39, 0.29) is 11.9 Å². The molecule has 2 rings (SSSR count). The molecule has 2 fully saturated rings. The second kappa shape index (κ2) is 4.78. The van der Waals surface area contributed by atoms with E-state index in [1.807, 2.05) is 0 Å². The summed E-state index contributed by atoms with van der Waals surface area (Å²) < 4.78 is 16.9. The van der Waals surface area contributed by atoms with Gasteiger partial charge in [-0.15, -0.1) is 0 Å². The minimum atomic E-state index is -0.341. The van der Waals surface area contributed by atoms with Crippen LogP contribution in [0.5, 0.6) is 0 Å². The zero-order valence-electron chi connectivity index (χ0n) is 9.62. The van der Waals surface area contributed by atoms with E-state index in [4.69, 9.17) is 14.2 Å². The first-order valence-electron chi connectivity index (χ1n) is 5.84. The van der Waals surface area contributed by atoms with Crippen molar-refractivity contribution in [3.8, 4) is 0 Å². The molecule has 0 aromatic carbocycles. The summed E-state index contributed by atoms with van der Waals surface area (Å²) in [4.78, 5) is 0. The maximum Gasteiger partial charge on any atom is 0.171 e. The molecular weight excluding hydrogens is 194 g/mol. The minimum Gasteiger partial charge on any atom is -0.380 e. The first kappa shape index (κ1) is 11.3. The van der Waals surface area contributed by atoms with Crippen LogP contribution in [0.2, 0.25) is 0 Å². The molecule has 1 aliphatic heterocycles. The van der Waals surface area contributed by atoms with Gasteiger partial charge in [0.2, 0.25) is 0 Å². The van der Waals surface area contributed by atoms with Crippen molar-refractivity contribution in [2.24, 2.45) is 0 Å². The van der Waals surface area contributed by atoms with Gasteiger partial charge in [-0.1, -0.05) is 6.92 Å². The molecule has 1 saturated heterocycles. The average molecular weight is 215 g/mol. The van der Waals surface area contributed by atoms with Crippen LogP contribution in [0.15, 0.2) is 0 Å². The van der Waals surface area contributed by atoms with Crippen molar-refractivity contribution in [1.29, 1.82) is 0 Å². The van der Waals surface area contributed by atoms with Gasteiger partial charge in [-0.05, 0) is 13.0 Å². The van der Waals surface area contributed by atoms with Crippen LogP contribution in [0, 0.1) is 0 Å². The van der Waals surface area contributed by atoms with Crippen molar-refractivity contribution in [1.82, 2.24) is 5.32 Å². The number of rotatable bonds is 3. The highest BCUT2D eigenvalue weighted by atomic mass is 16.7. The quantitative estimate of drug-likeness (QED) is 0.759. The number of hydrogen-bond acceptors (Lipinski definition) is 4. The third-order valence-electron chi connectivity index (χ3n) is 3.38. The Balaban J connectivity index is 1.96. The summed E-state index contributed by atoms with van der Waals surface area (Å²) in [5, 5.41) is 3.46. The highest BCUT2D eigenvalue weighted by molar-refractivity contribution is 4.92. The van der Waals surface area contributed by atoms with Crippen LogP contribution in [0.3, 0.4) is 0 Å². The van der Waals surface area contributed by atoms with Crippen molar-refractivity contribution in [3.05, 3.63) is 0 Å². The Morgan fingerprint density at radius 1 is 1.40 bits per heavy atom. The Labute approximate surface area is 91.3 Å². The van der Waals surface area contributed by atoms with Crippen molar-refractivity contribution >= 4 is 0 Å². The molecular formula is C11H21NO3. The summed E-state index contributed by atoms with van der Waals surface area (Å²) in [6, 6.07) is 0.443. The SMILES string of the molecule is CCNC1CCC2(CC1OC)OCCO2. The largest absolute Gasteiger partial charge is 0.380 e. The number of methoxy groups -OCH3 is 1. The molecule has 0 radical (unpaired) electrons. The van der Waals surface area contributed by atoms with Crippen LogP contribution in [0.1, 0.15) is 26.2 Å². The number of ether oxygens (including phenoxy) is 3. The second-order valence-electron chi connectivity index (χ2n) is 4.29. The first-order valence-corrected chi connectivity index (χ1v) is 5.84. The fraction of sp³-hybridized carbons (Fsp3) is 1.00. The number of hydrogen-bond donors (Lipinski definition) is 1. The lowest BCUT2D eigenvalue weighted by Crippen LogP contribution is -2.51. The molecule has 2 unspecified atom stereocenters. The molecule has 1 N–H and O–H groups in total. The van der Waals surface area contributed by atoms with E-state index in [9.17, 15) is 0 Å². The smallest absolute Gasteiger partial charge is 0.171 e. The molecule has 4 nitrogen and oxygen atoms in total. The third-order valence-corrected chi connectivity index (χ3v) is 3.38. The van der Waals surface area contributed by atoms with E-state index in [1.54, 1.807) is 7.11 Å². The molecule has 4 heteroatoms. The summed E-state index contributed by atoms with van der Waals surface area (Å²) in [6.07, 6.45) is 3.09. The van der Waals surface area contributed by atoms with E-state index < -0.39 is 0 Å². The molecule has 2 atom stereocenters. The maximum absolute atomic E-state index is 5.71. The maximum atomic E-state index is 5.71. The molecule has 1 heterocycles. The summed E-state index contributed by atoms with van der Waals surface area (Å²) in [5.74, 6) is -0.341. The predicted molar refractivity (Wildman–Crippen MR) is 56.7 cm³/mol. The Hall–Kier alpha value is -0.160. The van der Waals surface area contributed by atoms with Crippen LogP contribution in [0.4, 0.5) is 0 Å². The molecule has 0 amide bonds. The van der Waals surface area contributed by atoms with Gasteiger partial charge in [-0.2, -0.15) is 0 Å². The summed E-state index contributed by atoms with van der Waals surface area (Å²) in [5.41, 5.74) is 0. The average Bonchev–Trinajstić information content (AvgIpc) is 2.70. The fourth-order valence-electron chi connectivity index (χ4n) is 2.61. The molecule has 15 heavy (non-hydrogen) atoms. The summed E-state index contributed by atoms with van der Waals surface area (Å²) >= 11 is 0. The van der Waals surface area contributed by atoms with E-state index >= 15 is 0 Å². The Kier molecular flexibility index (Phi) is 3.61. The van der Waals surface area contributed by atoms with Crippen molar-refractivity contribution in [2.75, 3.05) is 26.9 Å². The van der Waals surface area contributed by atoms with Gasteiger partial charge in [0.25, 0.3) is 0 Å². The van der Waals surface area contributed by atoms with E-state index in [0.29, 0.717) is 6.04 Å². The monoisotopic (exact) mass is 215 g/mol. The molecule has 2 aliphatic rings. The van der Waals surface area contributed by atoms with Crippen LogP contribution < -0.4 is 5.32 Å². The Morgan fingerprint density at radius 2 is 2.13 bits per heavy atom. The molecule has 1 spiro atoms. The van der Waals surface area contributed by atoms with Gasteiger partial charge in [-0.3, -0.25) is 0 Å². The predicted octanol–water partition coefficient (Wildman–Crippen LogP) is 0.906. The number of likely N-dealkylation sites (N-methyl/N-ethyl adjacent to an activating group) is 1. The van der Waals surface area contributed by atoms with Gasteiger partial charge in [0.15, 0.2) is 5.79 Å². The van der Waals surface area contributed by atoms with Crippen molar-refractivity contribution in [2.45, 2.75) is 44.1 Å². The Bertz CT molecular complexity index is 204. The van der Waals surface area contributed by atoms with Crippen LogP contribution >= 0.6 is 0 Å². The van der Waals surface area contributed by atoms with Crippen molar-refractivity contribution in [3.63, 3.8) is 0 Å². The van der Waals surface area contributed by atoms with Gasteiger partial charge in [-0.25, -0.2) is 0 Å². The zero-order valence-corrected chi connectivity index (χ0v) is 9.62. The van der Waals surface area contributed by atoms with Crippen molar-refractivity contribution < 1.29 is 14.2 Å². The lowest BCUT2D eigenvalue weighted by atomic mass is 9.87. The van der Waals surface area contributed by atoms with E-state index in [0.717, 1.165) is 39.0 Å². The molecule has 0 aromatic heterocycles. The first-order chi connectivity index (χ1) is 7.29. The Morgan fingerprint density at radius 3 is 2.73 bits per heavy atom. The van der Waals surface area contributed by atoms with Gasteiger partial charge in [0, 0.05) is 26.0 Å². The standard InChI is InChI=1S/C11H21NO3/c1-3-12-9-4-5-11(8-10(9)13-2)14-6-7-15-11/h9-10,12H,3-8H2,1-2H3. The lowest BCUT2D eigenvalue weighted by Gasteiger charge is -2.40. The van der Waals surface area contributed by atoms with Crippen LogP contribution in [0.25, 0.3) is 0 Å². The summed E-state index contributed by atoms with van der Waals surface area (Å²) in [6.45, 7) is 4.56. The minimum absolute atomic E-state index is 0.205. The summed E-state index contributed by atoms with van der Waals surface area (Å²) in [7, 11) is 1.77. The van der Waals surface area contributed by atoms with Gasteiger partial charge in [0.1, 0.15) is 0 Å². The molecule has 0 bridgehead atoms. The highest BCUT2D eigenvalue weighted by Gasteiger charge is 2.45.